The van der Waals surface area contributed by atoms with Crippen LogP contribution in [-0.2, 0) is 35.6 Å². The van der Waals surface area contributed by atoms with Crippen molar-refractivity contribution in [3.8, 4) is 0 Å². The minimum absolute atomic E-state index is 0.272. The molecule has 0 radical (unpaired) electrons. The summed E-state index contributed by atoms with van der Waals surface area (Å²) in [4.78, 5) is 0.774. The largest absolute Gasteiger partial charge is 0.348 e. The first-order valence-corrected chi connectivity index (χ1v) is 13.2. The quantitative estimate of drug-likeness (QED) is 0.437. The van der Waals surface area contributed by atoms with Gasteiger partial charge < -0.3 is 4.57 Å². The number of nitrogens with zero attached hydrogens (tertiary/aromatic N) is 1. The van der Waals surface area contributed by atoms with Crippen molar-refractivity contribution in [3.05, 3.63) is 82.7 Å². The van der Waals surface area contributed by atoms with Gasteiger partial charge in [0, 0.05) is 24.4 Å². The van der Waals surface area contributed by atoms with Gasteiger partial charge in [-0.2, -0.15) is 0 Å². The molecule has 0 spiro atoms. The first kappa shape index (κ1) is 22.8. The Balaban J connectivity index is 1.82. The fourth-order valence-corrected chi connectivity index (χ4v) is 6.63. The molecule has 2 aromatic carbocycles. The zero-order valence-electron chi connectivity index (χ0n) is 20.0. The van der Waals surface area contributed by atoms with Gasteiger partial charge in [0.15, 0.2) is 0 Å². The highest BCUT2D eigenvalue weighted by atomic mass is 32.2. The molecule has 0 amide bonds. The maximum atomic E-state index is 13.5. The number of sulfone groups is 1. The lowest BCUT2D eigenvalue weighted by Gasteiger charge is -2.31. The third kappa shape index (κ3) is 4.30. The van der Waals surface area contributed by atoms with Crippen LogP contribution in [0.1, 0.15) is 62.2 Å². The Morgan fingerprint density at radius 3 is 2.34 bits per heavy atom. The van der Waals surface area contributed by atoms with E-state index in [9.17, 15) is 8.42 Å². The molecule has 0 aliphatic heterocycles. The maximum absolute atomic E-state index is 13.5. The van der Waals surface area contributed by atoms with Gasteiger partial charge in [-0.15, -0.1) is 0 Å². The lowest BCUT2D eigenvalue weighted by atomic mass is 9.75. The number of aromatic nitrogens is 1. The lowest BCUT2D eigenvalue weighted by Crippen LogP contribution is -2.24. The minimum Gasteiger partial charge on any atom is -0.348 e. The van der Waals surface area contributed by atoms with E-state index < -0.39 is 9.84 Å². The molecule has 4 rings (SSSR count). The zero-order valence-corrected chi connectivity index (χ0v) is 20.8. The van der Waals surface area contributed by atoms with E-state index in [0.717, 1.165) is 24.9 Å². The fraction of sp³-hybridized carbons (Fsp3) is 0.429. The van der Waals surface area contributed by atoms with E-state index in [1.54, 1.807) is 30.3 Å². The Bertz CT molecular complexity index is 1220. The van der Waals surface area contributed by atoms with Crippen molar-refractivity contribution in [3.63, 3.8) is 0 Å². The van der Waals surface area contributed by atoms with E-state index in [1.165, 1.54) is 28.9 Å². The van der Waals surface area contributed by atoms with Crippen molar-refractivity contribution in [1.29, 1.82) is 0 Å². The molecule has 4 heteroatoms. The van der Waals surface area contributed by atoms with Gasteiger partial charge in [0.1, 0.15) is 0 Å². The first-order valence-electron chi connectivity index (χ1n) is 11.7. The summed E-state index contributed by atoms with van der Waals surface area (Å²) >= 11 is 0. The molecule has 0 saturated heterocycles. The molecule has 0 fully saturated rings. The molecule has 0 atom stereocenters. The van der Waals surface area contributed by atoms with Crippen molar-refractivity contribution in [2.45, 2.75) is 76.6 Å². The molecule has 0 saturated carbocycles. The fourth-order valence-electron chi connectivity index (χ4n) is 5.12. The second kappa shape index (κ2) is 8.55. The highest BCUT2D eigenvalue weighted by Gasteiger charge is 2.32. The number of hydrogen-bond acceptors (Lipinski definition) is 2. The van der Waals surface area contributed by atoms with Crippen LogP contribution in [0.15, 0.2) is 64.4 Å². The molecule has 0 bridgehead atoms. The van der Waals surface area contributed by atoms with Crippen LogP contribution in [0, 0.1) is 18.3 Å². The standard InChI is InChI=1S/C28H35NO2S/c1-20(2)19-29-21(3)24(25-18-28(4,5)16-15-26(25)29)17-22-11-9-10-14-27(22)32(30,31)23-12-7-6-8-13-23/h6-14,20H,15-19H2,1-5H3. The van der Waals surface area contributed by atoms with E-state index >= 15 is 0 Å². The summed E-state index contributed by atoms with van der Waals surface area (Å²) in [5, 5.41) is 0. The number of fused-ring (bicyclic) bond motifs is 1. The van der Waals surface area contributed by atoms with Crippen molar-refractivity contribution in [2.75, 3.05) is 0 Å². The van der Waals surface area contributed by atoms with Crippen molar-refractivity contribution >= 4 is 9.84 Å². The van der Waals surface area contributed by atoms with Crippen molar-refractivity contribution in [2.24, 2.45) is 11.3 Å². The summed E-state index contributed by atoms with van der Waals surface area (Å²) in [7, 11) is -3.57. The molecule has 170 valence electrons. The molecular formula is C28H35NO2S. The zero-order chi connectivity index (χ0) is 23.1. The Labute approximate surface area is 193 Å². The number of hydrogen-bond donors (Lipinski definition) is 0. The summed E-state index contributed by atoms with van der Waals surface area (Å²) in [6, 6.07) is 16.3. The van der Waals surface area contributed by atoms with E-state index in [2.05, 4.69) is 39.2 Å². The Hall–Kier alpha value is -2.33. The molecular weight excluding hydrogens is 414 g/mol. The topological polar surface area (TPSA) is 39.1 Å². The van der Waals surface area contributed by atoms with Crippen molar-refractivity contribution < 1.29 is 8.42 Å². The van der Waals surface area contributed by atoms with Gasteiger partial charge >= 0.3 is 0 Å². The SMILES string of the molecule is Cc1c(Cc2ccccc2S(=O)(=O)c2ccccc2)c2c(n1CC(C)C)CCC(C)(C)C2. The van der Waals surface area contributed by atoms with Crippen LogP contribution in [0.4, 0.5) is 0 Å². The maximum Gasteiger partial charge on any atom is 0.206 e. The molecule has 1 aliphatic rings. The smallest absolute Gasteiger partial charge is 0.206 e. The van der Waals surface area contributed by atoms with E-state index in [-0.39, 0.29) is 5.41 Å². The third-order valence-corrected chi connectivity index (χ3v) is 8.67. The second-order valence-electron chi connectivity index (χ2n) is 10.4. The summed E-state index contributed by atoms with van der Waals surface area (Å²) in [6.45, 7) is 12.5. The van der Waals surface area contributed by atoms with Crippen LogP contribution >= 0.6 is 0 Å². The average molecular weight is 450 g/mol. The number of rotatable bonds is 6. The Kier molecular flexibility index (Phi) is 6.10. The normalized spacial score (nSPS) is 15.7. The Morgan fingerprint density at radius 1 is 1.00 bits per heavy atom. The summed E-state index contributed by atoms with van der Waals surface area (Å²) < 4.78 is 29.4. The molecule has 1 heterocycles. The molecule has 0 unspecified atom stereocenters. The van der Waals surface area contributed by atoms with Gasteiger partial charge in [0.2, 0.25) is 9.84 Å². The van der Waals surface area contributed by atoms with E-state index in [4.69, 9.17) is 0 Å². The summed E-state index contributed by atoms with van der Waals surface area (Å²) in [5.41, 5.74) is 6.69. The van der Waals surface area contributed by atoms with Gasteiger partial charge in [-0.25, -0.2) is 8.42 Å². The van der Waals surface area contributed by atoms with Crippen LogP contribution in [-0.4, -0.2) is 13.0 Å². The molecule has 1 aromatic heterocycles. The van der Waals surface area contributed by atoms with Crippen molar-refractivity contribution in [1.82, 2.24) is 4.57 Å². The van der Waals surface area contributed by atoms with Gasteiger partial charge in [-0.3, -0.25) is 0 Å². The van der Waals surface area contributed by atoms with Crippen LogP contribution < -0.4 is 0 Å². The molecule has 3 aromatic rings. The molecule has 3 nitrogen and oxygen atoms in total. The molecule has 0 N–H and O–H groups in total. The van der Waals surface area contributed by atoms with E-state index in [1.807, 2.05) is 24.3 Å². The summed E-state index contributed by atoms with van der Waals surface area (Å²) in [5.74, 6) is 0.568. The Morgan fingerprint density at radius 2 is 1.66 bits per heavy atom. The van der Waals surface area contributed by atoms with Gasteiger partial charge in [0.05, 0.1) is 9.79 Å². The van der Waals surface area contributed by atoms with Crippen LogP contribution in [0.2, 0.25) is 0 Å². The number of benzene rings is 2. The second-order valence-corrected chi connectivity index (χ2v) is 12.4. The predicted molar refractivity (Wildman–Crippen MR) is 131 cm³/mol. The van der Waals surface area contributed by atoms with Gasteiger partial charge in [-0.1, -0.05) is 64.1 Å². The van der Waals surface area contributed by atoms with Crippen LogP contribution in [0.5, 0.6) is 0 Å². The highest BCUT2D eigenvalue weighted by Crippen LogP contribution is 2.40. The van der Waals surface area contributed by atoms with Gasteiger partial charge in [0.25, 0.3) is 0 Å². The minimum atomic E-state index is -3.57. The van der Waals surface area contributed by atoms with Crippen LogP contribution in [0.3, 0.4) is 0 Å². The average Bonchev–Trinajstić information content (AvgIpc) is 2.98. The highest BCUT2D eigenvalue weighted by molar-refractivity contribution is 7.91. The lowest BCUT2D eigenvalue weighted by molar-refractivity contribution is 0.308. The molecule has 32 heavy (non-hydrogen) atoms. The van der Waals surface area contributed by atoms with Gasteiger partial charge in [-0.05, 0) is 72.4 Å². The third-order valence-electron chi connectivity index (χ3n) is 6.80. The summed E-state index contributed by atoms with van der Waals surface area (Å²) in [6.07, 6.45) is 3.99. The first-order chi connectivity index (χ1) is 15.1. The predicted octanol–water partition coefficient (Wildman–Crippen LogP) is 6.39. The molecule has 1 aliphatic carbocycles. The monoisotopic (exact) mass is 449 g/mol. The van der Waals surface area contributed by atoms with E-state index in [0.29, 0.717) is 22.1 Å². The van der Waals surface area contributed by atoms with Crippen LogP contribution in [0.25, 0.3) is 0 Å².